The van der Waals surface area contributed by atoms with Crippen LogP contribution in [0, 0.1) is 16.7 Å². The van der Waals surface area contributed by atoms with Gasteiger partial charge in [-0.25, -0.2) is 0 Å². The SMILES string of the molecule is CC[C@@H]1C[C@@]12C(=O)O[C@H](C(C)(C)C)O[C@@H]2C. The van der Waals surface area contributed by atoms with Crippen molar-refractivity contribution in [1.82, 2.24) is 0 Å². The molecular formula is C13H22O3. The van der Waals surface area contributed by atoms with Crippen molar-refractivity contribution in [3.8, 4) is 0 Å². The van der Waals surface area contributed by atoms with E-state index in [1.165, 1.54) is 0 Å². The Morgan fingerprint density at radius 3 is 2.44 bits per heavy atom. The van der Waals surface area contributed by atoms with Crippen LogP contribution in [0.4, 0.5) is 0 Å². The molecule has 1 saturated heterocycles. The van der Waals surface area contributed by atoms with Gasteiger partial charge in [0.1, 0.15) is 0 Å². The molecule has 0 bridgehead atoms. The van der Waals surface area contributed by atoms with Gasteiger partial charge in [-0.3, -0.25) is 4.79 Å². The molecule has 1 aliphatic heterocycles. The summed E-state index contributed by atoms with van der Waals surface area (Å²) < 4.78 is 11.4. The second-order valence-electron chi connectivity index (χ2n) is 6.23. The van der Waals surface area contributed by atoms with Gasteiger partial charge in [0.25, 0.3) is 0 Å². The van der Waals surface area contributed by atoms with Crippen LogP contribution in [0.2, 0.25) is 0 Å². The van der Waals surface area contributed by atoms with Gasteiger partial charge in [0.2, 0.25) is 6.29 Å². The van der Waals surface area contributed by atoms with E-state index in [1.54, 1.807) is 0 Å². The predicted octanol–water partition coefficient (Wildman–Crippen LogP) is 2.74. The maximum atomic E-state index is 12.1. The Balaban J connectivity index is 2.13. The molecule has 1 spiro atoms. The van der Waals surface area contributed by atoms with E-state index in [2.05, 4.69) is 6.92 Å². The molecule has 2 rings (SSSR count). The van der Waals surface area contributed by atoms with E-state index in [0.717, 1.165) is 12.8 Å². The molecule has 0 aromatic heterocycles. The number of hydrogen-bond acceptors (Lipinski definition) is 3. The molecule has 3 nitrogen and oxygen atoms in total. The molecule has 4 atom stereocenters. The topological polar surface area (TPSA) is 35.5 Å². The molecule has 1 saturated carbocycles. The number of hydrogen-bond donors (Lipinski definition) is 0. The largest absolute Gasteiger partial charge is 0.435 e. The van der Waals surface area contributed by atoms with Gasteiger partial charge in [0, 0.05) is 5.41 Å². The summed E-state index contributed by atoms with van der Waals surface area (Å²) in [6.45, 7) is 10.2. The Hall–Kier alpha value is -0.570. The number of carbonyl (C=O) groups is 1. The van der Waals surface area contributed by atoms with Gasteiger partial charge in [0.15, 0.2) is 0 Å². The van der Waals surface area contributed by atoms with Crippen molar-refractivity contribution in [2.24, 2.45) is 16.7 Å². The highest BCUT2D eigenvalue weighted by atomic mass is 16.7. The molecular weight excluding hydrogens is 204 g/mol. The van der Waals surface area contributed by atoms with Crippen LogP contribution < -0.4 is 0 Å². The molecule has 2 fully saturated rings. The average molecular weight is 226 g/mol. The summed E-state index contributed by atoms with van der Waals surface area (Å²) in [6.07, 6.45) is 1.55. The molecule has 0 aromatic rings. The van der Waals surface area contributed by atoms with Crippen molar-refractivity contribution in [2.45, 2.75) is 59.9 Å². The van der Waals surface area contributed by atoms with Crippen LogP contribution in [0.25, 0.3) is 0 Å². The molecule has 0 amide bonds. The minimum Gasteiger partial charge on any atom is -0.435 e. The minimum absolute atomic E-state index is 0.0112. The highest BCUT2D eigenvalue weighted by Gasteiger charge is 2.67. The lowest BCUT2D eigenvalue weighted by Crippen LogP contribution is -2.49. The molecule has 3 heteroatoms. The first-order valence-corrected chi connectivity index (χ1v) is 6.19. The molecule has 1 heterocycles. The van der Waals surface area contributed by atoms with Crippen molar-refractivity contribution in [3.63, 3.8) is 0 Å². The van der Waals surface area contributed by atoms with E-state index >= 15 is 0 Å². The minimum atomic E-state index is -0.404. The van der Waals surface area contributed by atoms with Crippen molar-refractivity contribution >= 4 is 5.97 Å². The molecule has 16 heavy (non-hydrogen) atoms. The Morgan fingerprint density at radius 2 is 2.06 bits per heavy atom. The molecule has 0 unspecified atom stereocenters. The Kier molecular flexibility index (Phi) is 2.57. The maximum Gasteiger partial charge on any atom is 0.317 e. The van der Waals surface area contributed by atoms with Gasteiger partial charge in [0.05, 0.1) is 11.5 Å². The van der Waals surface area contributed by atoms with Gasteiger partial charge in [-0.1, -0.05) is 34.1 Å². The number of esters is 1. The highest BCUT2D eigenvalue weighted by molar-refractivity contribution is 5.82. The third-order valence-electron chi connectivity index (χ3n) is 4.00. The summed E-state index contributed by atoms with van der Waals surface area (Å²) in [7, 11) is 0. The van der Waals surface area contributed by atoms with Gasteiger partial charge >= 0.3 is 5.97 Å². The van der Waals surface area contributed by atoms with Crippen molar-refractivity contribution in [2.75, 3.05) is 0 Å². The zero-order valence-corrected chi connectivity index (χ0v) is 10.9. The lowest BCUT2D eigenvalue weighted by Gasteiger charge is -2.40. The fraction of sp³-hybridized carbons (Fsp3) is 0.923. The van der Waals surface area contributed by atoms with Crippen LogP contribution in [-0.2, 0) is 14.3 Å². The van der Waals surface area contributed by atoms with Crippen LogP contribution in [-0.4, -0.2) is 18.4 Å². The van der Waals surface area contributed by atoms with Gasteiger partial charge in [-0.05, 0) is 19.3 Å². The Bertz CT molecular complexity index is 305. The quantitative estimate of drug-likeness (QED) is 0.645. The van der Waals surface area contributed by atoms with Gasteiger partial charge in [-0.15, -0.1) is 0 Å². The smallest absolute Gasteiger partial charge is 0.317 e. The van der Waals surface area contributed by atoms with E-state index in [-0.39, 0.29) is 22.9 Å². The van der Waals surface area contributed by atoms with Crippen LogP contribution in [0.15, 0.2) is 0 Å². The fourth-order valence-corrected chi connectivity index (χ4v) is 2.69. The van der Waals surface area contributed by atoms with Crippen LogP contribution in [0.3, 0.4) is 0 Å². The molecule has 0 N–H and O–H groups in total. The highest BCUT2D eigenvalue weighted by Crippen LogP contribution is 2.60. The Labute approximate surface area is 97.5 Å². The summed E-state index contributed by atoms with van der Waals surface area (Å²) in [4.78, 5) is 12.1. The first-order valence-electron chi connectivity index (χ1n) is 6.19. The first kappa shape index (κ1) is 11.9. The Morgan fingerprint density at radius 1 is 1.44 bits per heavy atom. The molecule has 0 radical (unpaired) electrons. The lowest BCUT2D eigenvalue weighted by atomic mass is 9.91. The normalized spacial score (nSPS) is 43.3. The first-order chi connectivity index (χ1) is 7.32. The van der Waals surface area contributed by atoms with Crippen LogP contribution >= 0.6 is 0 Å². The molecule has 0 aromatic carbocycles. The standard InChI is InChI=1S/C13H22O3/c1-6-9-7-13(9)8(2)15-11(12(3,4)5)16-10(13)14/h8-9,11H,6-7H2,1-5H3/t8-,9-,11-,13+/m1/s1. The van der Waals surface area contributed by atoms with Crippen molar-refractivity contribution < 1.29 is 14.3 Å². The van der Waals surface area contributed by atoms with E-state index < -0.39 is 6.29 Å². The predicted molar refractivity (Wildman–Crippen MR) is 60.7 cm³/mol. The monoisotopic (exact) mass is 226 g/mol. The number of cyclic esters (lactones) is 1. The number of carbonyl (C=O) groups excluding carboxylic acids is 1. The summed E-state index contributed by atoms with van der Waals surface area (Å²) in [5.74, 6) is 0.411. The van der Waals surface area contributed by atoms with Crippen molar-refractivity contribution in [1.29, 1.82) is 0 Å². The number of ether oxygens (including phenoxy) is 2. The van der Waals surface area contributed by atoms with Crippen LogP contribution in [0.1, 0.15) is 47.5 Å². The third kappa shape index (κ3) is 1.56. The lowest BCUT2D eigenvalue weighted by molar-refractivity contribution is -0.260. The van der Waals surface area contributed by atoms with E-state index in [9.17, 15) is 4.79 Å². The zero-order chi connectivity index (χ0) is 12.1. The third-order valence-corrected chi connectivity index (χ3v) is 4.00. The summed E-state index contributed by atoms with van der Waals surface area (Å²) in [5, 5.41) is 0. The summed E-state index contributed by atoms with van der Waals surface area (Å²) in [6, 6.07) is 0. The van der Waals surface area contributed by atoms with E-state index in [0.29, 0.717) is 5.92 Å². The molecule has 2 aliphatic rings. The molecule has 1 aliphatic carbocycles. The summed E-state index contributed by atoms with van der Waals surface area (Å²) in [5.41, 5.74) is -0.474. The average Bonchev–Trinajstić information content (AvgIpc) is 2.88. The fourth-order valence-electron chi connectivity index (χ4n) is 2.69. The second-order valence-corrected chi connectivity index (χ2v) is 6.23. The van der Waals surface area contributed by atoms with E-state index in [4.69, 9.17) is 9.47 Å². The van der Waals surface area contributed by atoms with Gasteiger partial charge in [-0.2, -0.15) is 0 Å². The summed E-state index contributed by atoms with van der Waals surface area (Å²) >= 11 is 0. The van der Waals surface area contributed by atoms with Gasteiger partial charge < -0.3 is 9.47 Å². The van der Waals surface area contributed by atoms with E-state index in [1.807, 2.05) is 27.7 Å². The second kappa shape index (κ2) is 3.46. The van der Waals surface area contributed by atoms with Crippen LogP contribution in [0.5, 0.6) is 0 Å². The number of rotatable bonds is 1. The zero-order valence-electron chi connectivity index (χ0n) is 10.9. The maximum absolute atomic E-state index is 12.1. The van der Waals surface area contributed by atoms with Crippen molar-refractivity contribution in [3.05, 3.63) is 0 Å². The molecule has 92 valence electrons.